The van der Waals surface area contributed by atoms with Gasteiger partial charge in [-0.25, -0.2) is 4.72 Å². The lowest BCUT2D eigenvalue weighted by atomic mass is 10.0. The Morgan fingerprint density at radius 1 is 1.38 bits per heavy atom. The van der Waals surface area contributed by atoms with Crippen molar-refractivity contribution in [3.63, 3.8) is 0 Å². The smallest absolute Gasteiger partial charge is 0.304 e. The summed E-state index contributed by atoms with van der Waals surface area (Å²) in [5.74, 6) is -1.09. The van der Waals surface area contributed by atoms with Gasteiger partial charge >= 0.3 is 5.97 Å². The van der Waals surface area contributed by atoms with Crippen molar-refractivity contribution in [3.05, 3.63) is 0 Å². The molecule has 0 radical (unpaired) electrons. The van der Waals surface area contributed by atoms with Crippen molar-refractivity contribution in [2.24, 2.45) is 5.92 Å². The van der Waals surface area contributed by atoms with E-state index in [-0.39, 0.29) is 12.3 Å². The van der Waals surface area contributed by atoms with E-state index in [9.17, 15) is 13.2 Å². The summed E-state index contributed by atoms with van der Waals surface area (Å²) in [6, 6.07) is -0.591. The van der Waals surface area contributed by atoms with Crippen LogP contribution in [0.15, 0.2) is 0 Å². The quantitative estimate of drug-likeness (QED) is 0.579. The second-order valence-corrected chi connectivity index (χ2v) is 5.50. The molecule has 0 aromatic carbocycles. The number of hydrogen-bond acceptors (Lipinski definition) is 3. The number of carboxylic acids is 1. The normalized spacial score (nSPS) is 14.0. The van der Waals surface area contributed by atoms with Crippen LogP contribution in [0.5, 0.6) is 0 Å². The Balaban J connectivity index is 4.44. The van der Waals surface area contributed by atoms with E-state index in [1.54, 1.807) is 13.8 Å². The first-order valence-electron chi connectivity index (χ1n) is 5.27. The van der Waals surface area contributed by atoms with Gasteiger partial charge in [0, 0.05) is 12.6 Å². The fourth-order valence-electron chi connectivity index (χ4n) is 1.08. The third-order valence-corrected chi connectivity index (χ3v) is 3.25. The molecule has 0 saturated heterocycles. The molecule has 96 valence electrons. The van der Waals surface area contributed by atoms with Gasteiger partial charge in [-0.05, 0) is 12.3 Å². The van der Waals surface area contributed by atoms with E-state index in [1.165, 1.54) is 0 Å². The average molecular weight is 252 g/mol. The summed E-state index contributed by atoms with van der Waals surface area (Å²) in [4.78, 5) is 10.6. The predicted molar refractivity (Wildman–Crippen MR) is 61.2 cm³/mol. The first-order valence-corrected chi connectivity index (χ1v) is 6.75. The zero-order chi connectivity index (χ0) is 12.8. The van der Waals surface area contributed by atoms with Crippen LogP contribution in [0.2, 0.25) is 0 Å². The largest absolute Gasteiger partial charge is 0.481 e. The van der Waals surface area contributed by atoms with Crippen molar-refractivity contribution >= 4 is 16.2 Å². The van der Waals surface area contributed by atoms with Crippen LogP contribution in [-0.2, 0) is 15.0 Å². The lowest BCUT2D eigenvalue weighted by Crippen LogP contribution is -2.46. The molecular weight excluding hydrogens is 232 g/mol. The number of rotatable bonds is 8. The molecule has 0 bridgehead atoms. The summed E-state index contributed by atoms with van der Waals surface area (Å²) < 4.78 is 27.6. The van der Waals surface area contributed by atoms with Crippen LogP contribution < -0.4 is 9.44 Å². The maximum absolute atomic E-state index is 11.5. The minimum atomic E-state index is -3.60. The Morgan fingerprint density at radius 3 is 2.31 bits per heavy atom. The van der Waals surface area contributed by atoms with Crippen molar-refractivity contribution in [2.75, 3.05) is 6.54 Å². The van der Waals surface area contributed by atoms with Gasteiger partial charge in [-0.1, -0.05) is 20.8 Å². The highest BCUT2D eigenvalue weighted by molar-refractivity contribution is 7.87. The molecule has 7 heteroatoms. The zero-order valence-electron chi connectivity index (χ0n) is 9.86. The van der Waals surface area contributed by atoms with Crippen LogP contribution >= 0.6 is 0 Å². The van der Waals surface area contributed by atoms with E-state index in [2.05, 4.69) is 9.44 Å². The van der Waals surface area contributed by atoms with Gasteiger partial charge in [0.05, 0.1) is 6.42 Å². The molecule has 0 fully saturated rings. The molecule has 1 atom stereocenters. The molecule has 0 aromatic heterocycles. The van der Waals surface area contributed by atoms with Crippen LogP contribution in [0.4, 0.5) is 0 Å². The van der Waals surface area contributed by atoms with Crippen LogP contribution in [0.25, 0.3) is 0 Å². The minimum Gasteiger partial charge on any atom is -0.481 e. The van der Waals surface area contributed by atoms with E-state index in [1.807, 2.05) is 6.92 Å². The fourth-order valence-corrected chi connectivity index (χ4v) is 2.39. The number of carbonyl (C=O) groups is 1. The van der Waals surface area contributed by atoms with Crippen LogP contribution in [0.3, 0.4) is 0 Å². The Bertz CT molecular complexity index is 313. The lowest BCUT2D eigenvalue weighted by Gasteiger charge is -2.20. The summed E-state index contributed by atoms with van der Waals surface area (Å²) in [6.07, 6.45) is 0.469. The van der Waals surface area contributed by atoms with Gasteiger partial charge in [-0.3, -0.25) is 4.79 Å². The number of hydrogen-bond donors (Lipinski definition) is 3. The zero-order valence-corrected chi connectivity index (χ0v) is 10.7. The number of carboxylic acid groups (broad SMARTS) is 1. The molecule has 0 rings (SSSR count). The van der Waals surface area contributed by atoms with Gasteiger partial charge in [-0.15, -0.1) is 0 Å². The van der Waals surface area contributed by atoms with Gasteiger partial charge in [0.1, 0.15) is 0 Å². The highest BCUT2D eigenvalue weighted by Gasteiger charge is 2.22. The average Bonchev–Trinajstić information content (AvgIpc) is 2.12. The first kappa shape index (κ1) is 15.3. The third-order valence-electron chi connectivity index (χ3n) is 2.05. The van der Waals surface area contributed by atoms with Crippen LogP contribution in [0.1, 0.15) is 33.6 Å². The Labute approximate surface area is 96.6 Å². The molecule has 0 aliphatic rings. The molecule has 3 N–H and O–H groups in total. The van der Waals surface area contributed by atoms with E-state index in [0.717, 1.165) is 0 Å². The predicted octanol–water partition coefficient (Wildman–Crippen LogP) is 0.320. The molecule has 0 amide bonds. The summed E-state index contributed by atoms with van der Waals surface area (Å²) in [6.45, 7) is 5.73. The molecule has 6 nitrogen and oxygen atoms in total. The number of nitrogens with one attached hydrogen (secondary N) is 2. The first-order chi connectivity index (χ1) is 7.28. The second-order valence-electron chi connectivity index (χ2n) is 3.96. The molecule has 0 aromatic rings. The van der Waals surface area contributed by atoms with Crippen molar-refractivity contribution in [3.8, 4) is 0 Å². The van der Waals surface area contributed by atoms with Gasteiger partial charge < -0.3 is 5.11 Å². The monoisotopic (exact) mass is 252 g/mol. The topological polar surface area (TPSA) is 95.5 Å². The maximum Gasteiger partial charge on any atom is 0.304 e. The van der Waals surface area contributed by atoms with Crippen molar-refractivity contribution in [1.82, 2.24) is 9.44 Å². The molecule has 0 heterocycles. The molecule has 0 aliphatic heterocycles. The summed E-state index contributed by atoms with van der Waals surface area (Å²) in [5, 5.41) is 8.65. The molecule has 0 aliphatic carbocycles. The van der Waals surface area contributed by atoms with Crippen molar-refractivity contribution in [2.45, 2.75) is 39.7 Å². The molecular formula is C9H20N2O4S. The Hall–Kier alpha value is -0.660. The van der Waals surface area contributed by atoms with Gasteiger partial charge in [-0.2, -0.15) is 13.1 Å². The SMILES string of the molecule is CCCNS(=O)(=O)NC(CC(=O)O)C(C)C. The third kappa shape index (κ3) is 6.76. The highest BCUT2D eigenvalue weighted by Crippen LogP contribution is 2.07. The highest BCUT2D eigenvalue weighted by atomic mass is 32.2. The minimum absolute atomic E-state index is 0.0747. The van der Waals surface area contributed by atoms with Crippen molar-refractivity contribution in [1.29, 1.82) is 0 Å². The lowest BCUT2D eigenvalue weighted by molar-refractivity contribution is -0.137. The van der Waals surface area contributed by atoms with Crippen LogP contribution in [-0.4, -0.2) is 32.1 Å². The summed E-state index contributed by atoms with van der Waals surface area (Å²) in [5.41, 5.74) is 0. The standard InChI is InChI=1S/C9H20N2O4S/c1-4-5-10-16(14,15)11-8(7(2)3)6-9(12)13/h7-8,10-11H,4-6H2,1-3H3,(H,12,13). The molecule has 1 unspecified atom stereocenters. The van der Waals surface area contributed by atoms with Gasteiger partial charge in [0.2, 0.25) is 0 Å². The number of aliphatic carboxylic acids is 1. The van der Waals surface area contributed by atoms with Crippen molar-refractivity contribution < 1.29 is 18.3 Å². The van der Waals surface area contributed by atoms with Crippen LogP contribution in [0, 0.1) is 5.92 Å². The fraction of sp³-hybridized carbons (Fsp3) is 0.889. The van der Waals surface area contributed by atoms with Gasteiger partial charge in [0.15, 0.2) is 0 Å². The molecule has 0 spiro atoms. The Morgan fingerprint density at radius 2 is 1.94 bits per heavy atom. The summed E-state index contributed by atoms with van der Waals surface area (Å²) >= 11 is 0. The molecule has 0 saturated carbocycles. The Kier molecular flexibility index (Phi) is 6.54. The van der Waals surface area contributed by atoms with E-state index >= 15 is 0 Å². The second kappa shape index (κ2) is 6.82. The maximum atomic E-state index is 11.5. The van der Waals surface area contributed by atoms with E-state index in [0.29, 0.717) is 13.0 Å². The summed E-state index contributed by atoms with van der Waals surface area (Å²) in [7, 11) is -3.60. The van der Waals surface area contributed by atoms with E-state index < -0.39 is 22.2 Å². The van der Waals surface area contributed by atoms with Gasteiger partial charge in [0.25, 0.3) is 10.2 Å². The van der Waals surface area contributed by atoms with E-state index in [4.69, 9.17) is 5.11 Å². The molecule has 16 heavy (non-hydrogen) atoms.